The number of benzene rings is 1. The first-order valence-corrected chi connectivity index (χ1v) is 15.7. The molecule has 0 radical (unpaired) electrons. The van der Waals surface area contributed by atoms with Gasteiger partial charge >= 0.3 is 6.18 Å². The number of alkyl halides is 3. The molecule has 5 rings (SSSR count). The SMILES string of the molecule is CN1CCC(N(C)C(=O)c2ccc(Nc3ncc(C(F)(F)F)c(N[C@@H]4CCC[C@@H]4C(=O)NCCN4CCOCC4)n3)cc2)CC1. The van der Waals surface area contributed by atoms with Gasteiger partial charge in [0, 0.05) is 62.8 Å². The van der Waals surface area contributed by atoms with Crippen LogP contribution in [0.15, 0.2) is 30.5 Å². The second kappa shape index (κ2) is 14.7. The van der Waals surface area contributed by atoms with Crippen molar-refractivity contribution in [2.75, 3.05) is 77.2 Å². The van der Waals surface area contributed by atoms with E-state index in [1.165, 1.54) is 0 Å². The average Bonchev–Trinajstić information content (AvgIpc) is 3.49. The molecule has 3 N–H and O–H groups in total. The van der Waals surface area contributed by atoms with E-state index in [2.05, 4.69) is 42.8 Å². The number of halogens is 3. The lowest BCUT2D eigenvalue weighted by atomic mass is 10.0. The van der Waals surface area contributed by atoms with Gasteiger partial charge in [-0.3, -0.25) is 14.5 Å². The Labute approximate surface area is 261 Å². The number of nitrogens with zero attached hydrogens (tertiary/aromatic N) is 5. The van der Waals surface area contributed by atoms with E-state index in [-0.39, 0.29) is 29.6 Å². The summed E-state index contributed by atoms with van der Waals surface area (Å²) in [6, 6.07) is 6.40. The molecule has 1 aromatic heterocycles. The number of morpholine rings is 1. The zero-order valence-electron chi connectivity index (χ0n) is 25.9. The van der Waals surface area contributed by atoms with E-state index in [0.29, 0.717) is 50.4 Å². The molecule has 45 heavy (non-hydrogen) atoms. The van der Waals surface area contributed by atoms with Crippen LogP contribution >= 0.6 is 0 Å². The normalized spacial score (nSPS) is 21.8. The molecule has 2 saturated heterocycles. The van der Waals surface area contributed by atoms with Crippen molar-refractivity contribution < 1.29 is 27.5 Å². The summed E-state index contributed by atoms with van der Waals surface area (Å²) in [4.78, 5) is 40.4. The Kier molecular flexibility index (Phi) is 10.8. The highest BCUT2D eigenvalue weighted by Gasteiger charge is 2.39. The van der Waals surface area contributed by atoms with Crippen LogP contribution in [0.2, 0.25) is 0 Å². The van der Waals surface area contributed by atoms with Gasteiger partial charge < -0.3 is 30.5 Å². The highest BCUT2D eigenvalue weighted by atomic mass is 19.4. The fourth-order valence-corrected chi connectivity index (χ4v) is 6.25. The second-order valence-electron chi connectivity index (χ2n) is 12.1. The van der Waals surface area contributed by atoms with Crippen molar-refractivity contribution in [3.8, 4) is 0 Å². The molecule has 3 heterocycles. The van der Waals surface area contributed by atoms with Gasteiger partial charge in [-0.25, -0.2) is 4.98 Å². The molecule has 3 aliphatic rings. The predicted molar refractivity (Wildman–Crippen MR) is 164 cm³/mol. The number of likely N-dealkylation sites (tertiary alicyclic amines) is 1. The van der Waals surface area contributed by atoms with E-state index < -0.39 is 23.7 Å². The highest BCUT2D eigenvalue weighted by Crippen LogP contribution is 2.37. The maximum atomic E-state index is 13.9. The fourth-order valence-electron chi connectivity index (χ4n) is 6.25. The molecular weight excluding hydrogens is 589 g/mol. The molecule has 0 bridgehead atoms. The average molecular weight is 633 g/mol. The summed E-state index contributed by atoms with van der Waals surface area (Å²) in [7, 11) is 3.89. The van der Waals surface area contributed by atoms with Crippen molar-refractivity contribution in [3.63, 3.8) is 0 Å². The number of nitrogens with one attached hydrogen (secondary N) is 3. The minimum Gasteiger partial charge on any atom is -0.379 e. The van der Waals surface area contributed by atoms with Crippen molar-refractivity contribution in [3.05, 3.63) is 41.6 Å². The molecule has 2 atom stereocenters. The summed E-state index contributed by atoms with van der Waals surface area (Å²) < 4.78 is 47.2. The number of anilines is 3. The minimum absolute atomic E-state index is 0.0301. The quantitative estimate of drug-likeness (QED) is 0.363. The van der Waals surface area contributed by atoms with Crippen LogP contribution in [0.5, 0.6) is 0 Å². The Morgan fingerprint density at radius 1 is 1.04 bits per heavy atom. The van der Waals surface area contributed by atoms with Crippen LogP contribution in [0.1, 0.15) is 48.0 Å². The lowest BCUT2D eigenvalue weighted by molar-refractivity contribution is -0.137. The van der Waals surface area contributed by atoms with E-state index in [1.54, 1.807) is 29.2 Å². The molecule has 1 saturated carbocycles. The van der Waals surface area contributed by atoms with Gasteiger partial charge in [0.05, 0.1) is 19.1 Å². The van der Waals surface area contributed by atoms with Crippen molar-refractivity contribution in [2.24, 2.45) is 5.92 Å². The number of amides is 2. The Balaban J connectivity index is 1.22. The molecule has 1 aliphatic carbocycles. The molecule has 246 valence electrons. The minimum atomic E-state index is -4.68. The van der Waals surface area contributed by atoms with E-state index in [0.717, 1.165) is 51.6 Å². The van der Waals surface area contributed by atoms with Crippen LogP contribution in [-0.2, 0) is 15.7 Å². The number of aromatic nitrogens is 2. The lowest BCUT2D eigenvalue weighted by Gasteiger charge is -2.35. The summed E-state index contributed by atoms with van der Waals surface area (Å²) in [5.41, 5.74) is 0.0510. The Bertz CT molecular complexity index is 1300. The van der Waals surface area contributed by atoms with Gasteiger partial charge in [-0.05, 0) is 70.1 Å². The molecule has 0 unspecified atom stereocenters. The maximum absolute atomic E-state index is 13.9. The molecule has 2 aromatic rings. The van der Waals surface area contributed by atoms with Crippen molar-refractivity contribution in [1.82, 2.24) is 30.0 Å². The van der Waals surface area contributed by atoms with E-state index in [4.69, 9.17) is 4.74 Å². The Morgan fingerprint density at radius 2 is 1.76 bits per heavy atom. The molecule has 3 fully saturated rings. The van der Waals surface area contributed by atoms with Crippen molar-refractivity contribution >= 4 is 29.3 Å². The van der Waals surface area contributed by atoms with E-state index in [1.807, 2.05) is 7.05 Å². The van der Waals surface area contributed by atoms with Crippen molar-refractivity contribution in [1.29, 1.82) is 0 Å². The van der Waals surface area contributed by atoms with E-state index >= 15 is 0 Å². The maximum Gasteiger partial charge on any atom is 0.421 e. The Morgan fingerprint density at radius 3 is 2.44 bits per heavy atom. The molecule has 14 heteroatoms. The summed E-state index contributed by atoms with van der Waals surface area (Å²) >= 11 is 0. The monoisotopic (exact) mass is 632 g/mol. The third-order valence-electron chi connectivity index (χ3n) is 9.04. The molecule has 2 amide bonds. The van der Waals surface area contributed by atoms with Crippen LogP contribution in [-0.4, -0.2) is 115 Å². The summed E-state index contributed by atoms with van der Waals surface area (Å²) in [5.74, 6) is -1.12. The molecule has 1 aromatic carbocycles. The number of piperidine rings is 1. The van der Waals surface area contributed by atoms with Crippen molar-refractivity contribution in [2.45, 2.75) is 50.4 Å². The summed E-state index contributed by atoms with van der Waals surface area (Å²) in [6.07, 6.45) is -0.253. The summed E-state index contributed by atoms with van der Waals surface area (Å²) in [5, 5.41) is 8.84. The topological polar surface area (TPSA) is 115 Å². The fraction of sp³-hybridized carbons (Fsp3) is 0.613. The second-order valence-corrected chi connectivity index (χ2v) is 12.1. The van der Waals surface area contributed by atoms with Crippen LogP contribution in [0.3, 0.4) is 0 Å². The smallest absolute Gasteiger partial charge is 0.379 e. The van der Waals surface area contributed by atoms with Gasteiger partial charge in [0.15, 0.2) is 0 Å². The zero-order valence-corrected chi connectivity index (χ0v) is 25.9. The third-order valence-corrected chi connectivity index (χ3v) is 9.04. The van der Waals surface area contributed by atoms with E-state index in [9.17, 15) is 22.8 Å². The Hall–Kier alpha value is -3.49. The number of ether oxygens (including phenoxy) is 1. The van der Waals surface area contributed by atoms with Gasteiger partial charge in [0.1, 0.15) is 11.4 Å². The number of hydrogen-bond acceptors (Lipinski definition) is 9. The van der Waals surface area contributed by atoms with Crippen LogP contribution < -0.4 is 16.0 Å². The number of carbonyl (C=O) groups excluding carboxylic acids is 2. The predicted octanol–water partition coefficient (Wildman–Crippen LogP) is 3.43. The zero-order chi connectivity index (χ0) is 32.0. The third kappa shape index (κ3) is 8.61. The number of rotatable bonds is 10. The van der Waals surface area contributed by atoms with Gasteiger partial charge in [-0.1, -0.05) is 6.42 Å². The summed E-state index contributed by atoms with van der Waals surface area (Å²) in [6.45, 7) is 6.01. The number of carbonyl (C=O) groups is 2. The highest BCUT2D eigenvalue weighted by molar-refractivity contribution is 5.94. The van der Waals surface area contributed by atoms with Gasteiger partial charge in [-0.15, -0.1) is 0 Å². The first-order valence-electron chi connectivity index (χ1n) is 15.7. The van der Waals surface area contributed by atoms with Crippen LogP contribution in [0.25, 0.3) is 0 Å². The molecule has 11 nitrogen and oxygen atoms in total. The molecule has 0 spiro atoms. The van der Waals surface area contributed by atoms with Gasteiger partial charge in [0.25, 0.3) is 5.91 Å². The van der Waals surface area contributed by atoms with Crippen LogP contribution in [0.4, 0.5) is 30.6 Å². The van der Waals surface area contributed by atoms with Gasteiger partial charge in [0.2, 0.25) is 11.9 Å². The lowest BCUT2D eigenvalue weighted by Crippen LogP contribution is -2.44. The molecule has 2 aliphatic heterocycles. The molecular formula is C31H43F3N8O3. The van der Waals surface area contributed by atoms with Crippen LogP contribution in [0, 0.1) is 5.92 Å². The first-order chi connectivity index (χ1) is 21.6. The largest absolute Gasteiger partial charge is 0.421 e. The first kappa shape index (κ1) is 32.9. The van der Waals surface area contributed by atoms with Gasteiger partial charge in [-0.2, -0.15) is 18.2 Å². The number of hydrogen-bond donors (Lipinski definition) is 3. The standard InChI is InChI=1S/C31H43F3N8O3/c1-40-13-10-23(11-14-40)41(2)29(44)21-6-8-22(9-7-21)37-30-36-20-25(31(32,33)34)27(39-30)38-26-5-3-4-24(26)28(43)35-12-15-42-16-18-45-19-17-42/h6-9,20,23-24,26H,3-5,10-19H2,1-2H3,(H,35,43)(H2,36,37,38,39)/t24-,26+/m0/s1.